The molecule has 0 spiro atoms. The topological polar surface area (TPSA) is 86.8 Å². The van der Waals surface area contributed by atoms with Crippen LogP contribution < -0.4 is 9.62 Å². The smallest absolute Gasteiger partial charge is 0.264 e. The Morgan fingerprint density at radius 1 is 1.00 bits per heavy atom. The molecule has 0 aromatic heterocycles. The van der Waals surface area contributed by atoms with Crippen LogP contribution in [0.2, 0.25) is 5.02 Å². The predicted octanol–water partition coefficient (Wildman–Crippen LogP) is 6.33. The first-order valence-corrected chi connectivity index (χ1v) is 15.8. The molecule has 3 aromatic carbocycles. The normalized spacial score (nSPS) is 12.0. The zero-order valence-electron chi connectivity index (χ0n) is 22.9. The Balaban J connectivity index is 2.05. The van der Waals surface area contributed by atoms with Gasteiger partial charge in [0.1, 0.15) is 12.6 Å². The van der Waals surface area contributed by atoms with Gasteiger partial charge in [-0.05, 0) is 61.7 Å². The van der Waals surface area contributed by atoms with Crippen LogP contribution in [0.5, 0.6) is 0 Å². The molecule has 1 N–H and O–H groups in total. The number of amides is 2. The third-order valence-electron chi connectivity index (χ3n) is 6.50. The zero-order chi connectivity index (χ0) is 29.3. The second-order valence-corrected chi connectivity index (χ2v) is 12.7. The first-order valence-electron chi connectivity index (χ1n) is 13.2. The van der Waals surface area contributed by atoms with Gasteiger partial charge in [-0.25, -0.2) is 8.42 Å². The number of halogens is 2. The van der Waals surface area contributed by atoms with E-state index in [9.17, 15) is 18.0 Å². The number of rotatable bonds is 13. The van der Waals surface area contributed by atoms with Crippen LogP contribution in [-0.4, -0.2) is 44.3 Å². The van der Waals surface area contributed by atoms with E-state index in [2.05, 4.69) is 21.2 Å². The summed E-state index contributed by atoms with van der Waals surface area (Å²) in [5, 5.41) is 3.38. The molecule has 40 heavy (non-hydrogen) atoms. The van der Waals surface area contributed by atoms with E-state index in [4.69, 9.17) is 11.6 Å². The first-order chi connectivity index (χ1) is 19.1. The van der Waals surface area contributed by atoms with Crippen LogP contribution in [0, 0.1) is 6.92 Å². The van der Waals surface area contributed by atoms with Gasteiger partial charge in [0.2, 0.25) is 11.8 Å². The number of nitrogens with zero attached hydrogens (tertiary/aromatic N) is 2. The monoisotopic (exact) mass is 647 g/mol. The standard InChI is InChI=1S/C30H35BrClN3O4S/c1-4-6-18-33-30(37)28(5-2)34(20-23-10-7-8-13-27(23)32)29(36)21-35(25-12-9-11-24(31)19-25)40(38,39)26-16-14-22(3)15-17-26/h7-17,19,28H,4-6,18,20-21H2,1-3H3,(H,33,37). The molecule has 214 valence electrons. The molecule has 0 aliphatic heterocycles. The van der Waals surface area contributed by atoms with Crippen molar-refractivity contribution < 1.29 is 18.0 Å². The number of benzene rings is 3. The van der Waals surface area contributed by atoms with Crippen molar-refractivity contribution in [2.45, 2.75) is 57.5 Å². The molecular weight excluding hydrogens is 614 g/mol. The highest BCUT2D eigenvalue weighted by Crippen LogP contribution is 2.28. The number of hydrogen-bond acceptors (Lipinski definition) is 4. The second-order valence-electron chi connectivity index (χ2n) is 9.49. The Hall–Kier alpha value is -2.88. The van der Waals surface area contributed by atoms with Crippen molar-refractivity contribution in [3.63, 3.8) is 0 Å². The summed E-state index contributed by atoms with van der Waals surface area (Å²) >= 11 is 9.85. The molecule has 0 saturated heterocycles. The molecule has 3 aromatic rings. The number of nitrogens with one attached hydrogen (secondary N) is 1. The minimum absolute atomic E-state index is 0.0507. The summed E-state index contributed by atoms with van der Waals surface area (Å²) in [5.41, 5.74) is 1.89. The molecule has 3 rings (SSSR count). The number of hydrogen-bond donors (Lipinski definition) is 1. The Labute approximate surface area is 250 Å². The third kappa shape index (κ3) is 8.08. The summed E-state index contributed by atoms with van der Waals surface area (Å²) in [6, 6.07) is 19.5. The van der Waals surface area contributed by atoms with Crippen LogP contribution in [-0.2, 0) is 26.2 Å². The maximum Gasteiger partial charge on any atom is 0.264 e. The fourth-order valence-electron chi connectivity index (χ4n) is 4.23. The average molecular weight is 649 g/mol. The summed E-state index contributed by atoms with van der Waals surface area (Å²) in [6.45, 7) is 5.76. The van der Waals surface area contributed by atoms with Gasteiger partial charge in [0.25, 0.3) is 10.0 Å². The van der Waals surface area contributed by atoms with Crippen LogP contribution in [0.3, 0.4) is 0 Å². The van der Waals surface area contributed by atoms with E-state index in [1.165, 1.54) is 17.0 Å². The highest BCUT2D eigenvalue weighted by atomic mass is 79.9. The molecule has 7 nitrogen and oxygen atoms in total. The van der Waals surface area contributed by atoms with E-state index in [0.29, 0.717) is 33.7 Å². The molecular formula is C30H35BrClN3O4S. The molecule has 0 aliphatic carbocycles. The van der Waals surface area contributed by atoms with Crippen molar-refractivity contribution in [2.75, 3.05) is 17.4 Å². The lowest BCUT2D eigenvalue weighted by Crippen LogP contribution is -2.52. The summed E-state index contributed by atoms with van der Waals surface area (Å²) in [6.07, 6.45) is 2.07. The Morgan fingerprint density at radius 2 is 1.70 bits per heavy atom. The second kappa shape index (κ2) is 14.7. The Bertz CT molecular complexity index is 1420. The Kier molecular flexibility index (Phi) is 11.6. The van der Waals surface area contributed by atoms with E-state index in [0.717, 1.165) is 22.7 Å². The van der Waals surface area contributed by atoms with Gasteiger partial charge in [-0.15, -0.1) is 0 Å². The van der Waals surface area contributed by atoms with Gasteiger partial charge >= 0.3 is 0 Å². The van der Waals surface area contributed by atoms with Gasteiger partial charge in [0, 0.05) is 22.6 Å². The number of carbonyl (C=O) groups excluding carboxylic acids is 2. The molecule has 0 fully saturated rings. The van der Waals surface area contributed by atoms with E-state index in [1.807, 2.05) is 26.8 Å². The number of sulfonamides is 1. The summed E-state index contributed by atoms with van der Waals surface area (Å²) in [5.74, 6) is -0.806. The number of carbonyl (C=O) groups is 2. The van der Waals surface area contributed by atoms with Gasteiger partial charge in [-0.2, -0.15) is 0 Å². The molecule has 1 unspecified atom stereocenters. The van der Waals surface area contributed by atoms with Crippen molar-refractivity contribution in [2.24, 2.45) is 0 Å². The van der Waals surface area contributed by atoms with Crippen LogP contribution in [0.1, 0.15) is 44.2 Å². The van der Waals surface area contributed by atoms with Crippen LogP contribution in [0.15, 0.2) is 82.2 Å². The molecule has 0 saturated carbocycles. The van der Waals surface area contributed by atoms with Gasteiger partial charge in [-0.3, -0.25) is 13.9 Å². The van der Waals surface area contributed by atoms with E-state index >= 15 is 0 Å². The fraction of sp³-hybridized carbons (Fsp3) is 0.333. The highest BCUT2D eigenvalue weighted by Gasteiger charge is 2.34. The molecule has 0 radical (unpaired) electrons. The first kappa shape index (κ1) is 31.6. The zero-order valence-corrected chi connectivity index (χ0v) is 26.1. The number of unbranched alkanes of at least 4 members (excludes halogenated alkanes) is 1. The van der Waals surface area contributed by atoms with Crippen molar-refractivity contribution in [3.05, 3.63) is 93.4 Å². The highest BCUT2D eigenvalue weighted by molar-refractivity contribution is 9.10. The van der Waals surface area contributed by atoms with Gasteiger partial charge in [0.15, 0.2) is 0 Å². The number of aryl methyl sites for hydroxylation is 1. The van der Waals surface area contributed by atoms with E-state index in [1.54, 1.807) is 54.6 Å². The molecule has 0 bridgehead atoms. The lowest BCUT2D eigenvalue weighted by atomic mass is 10.1. The minimum Gasteiger partial charge on any atom is -0.354 e. The predicted molar refractivity (Wildman–Crippen MR) is 164 cm³/mol. The largest absolute Gasteiger partial charge is 0.354 e. The number of anilines is 1. The summed E-state index contributed by atoms with van der Waals surface area (Å²) in [4.78, 5) is 28.8. The third-order valence-corrected chi connectivity index (χ3v) is 9.15. The van der Waals surface area contributed by atoms with Crippen molar-refractivity contribution in [3.8, 4) is 0 Å². The molecule has 2 amide bonds. The van der Waals surface area contributed by atoms with Crippen molar-refractivity contribution in [1.29, 1.82) is 0 Å². The van der Waals surface area contributed by atoms with E-state index in [-0.39, 0.29) is 17.3 Å². The molecule has 0 aliphatic rings. The SMILES string of the molecule is CCCCNC(=O)C(CC)N(Cc1ccccc1Cl)C(=O)CN(c1cccc(Br)c1)S(=O)(=O)c1ccc(C)cc1. The lowest BCUT2D eigenvalue weighted by molar-refractivity contribution is -0.140. The summed E-state index contributed by atoms with van der Waals surface area (Å²) < 4.78 is 29.6. The van der Waals surface area contributed by atoms with Crippen molar-refractivity contribution in [1.82, 2.24) is 10.2 Å². The maximum atomic E-state index is 14.1. The lowest BCUT2D eigenvalue weighted by Gasteiger charge is -2.33. The van der Waals surface area contributed by atoms with Crippen LogP contribution in [0.25, 0.3) is 0 Å². The van der Waals surface area contributed by atoms with Gasteiger partial charge in [-0.1, -0.05) is 89.8 Å². The van der Waals surface area contributed by atoms with Crippen LogP contribution in [0.4, 0.5) is 5.69 Å². The molecule has 10 heteroatoms. The molecule has 0 heterocycles. The quantitative estimate of drug-likeness (QED) is 0.220. The van der Waals surface area contributed by atoms with Gasteiger partial charge < -0.3 is 10.2 Å². The maximum absolute atomic E-state index is 14.1. The minimum atomic E-state index is -4.13. The average Bonchev–Trinajstić information content (AvgIpc) is 2.92. The molecule has 1 atom stereocenters. The summed E-state index contributed by atoms with van der Waals surface area (Å²) in [7, 11) is -4.13. The van der Waals surface area contributed by atoms with Crippen molar-refractivity contribution >= 4 is 55.1 Å². The van der Waals surface area contributed by atoms with Crippen LogP contribution >= 0.6 is 27.5 Å². The fourth-order valence-corrected chi connectivity index (χ4v) is 6.22. The Morgan fingerprint density at radius 3 is 2.33 bits per heavy atom. The van der Waals surface area contributed by atoms with Gasteiger partial charge in [0.05, 0.1) is 10.6 Å². The van der Waals surface area contributed by atoms with E-state index < -0.39 is 28.5 Å².